The summed E-state index contributed by atoms with van der Waals surface area (Å²) in [6, 6.07) is 4.04. The summed E-state index contributed by atoms with van der Waals surface area (Å²) in [7, 11) is 0. The molecule has 1 aromatic carbocycles. The zero-order valence-corrected chi connectivity index (χ0v) is 13.9. The lowest BCUT2D eigenvalue weighted by atomic mass is 10.1. The van der Waals surface area contributed by atoms with Crippen molar-refractivity contribution in [1.82, 2.24) is 0 Å². The van der Waals surface area contributed by atoms with Crippen molar-refractivity contribution in [3.63, 3.8) is 0 Å². The van der Waals surface area contributed by atoms with Crippen LogP contribution < -0.4 is 0 Å². The smallest absolute Gasteiger partial charge is 0.187 e. The molecule has 0 aliphatic heterocycles. The lowest BCUT2D eigenvalue weighted by molar-refractivity contribution is -0.128. The number of rotatable bonds is 8. The molecule has 8 heteroatoms. The van der Waals surface area contributed by atoms with Crippen LogP contribution in [0.5, 0.6) is 0 Å². The molecule has 0 fully saturated rings. The number of azo groups is 2. The first-order valence-corrected chi connectivity index (χ1v) is 7.16. The Hall–Kier alpha value is -2.90. The molecule has 0 saturated heterocycles. The highest BCUT2D eigenvalue weighted by Crippen LogP contribution is 2.20. The standard InChI is InChI=1S/C16H18N4O4/c1-9(21)15(10(2)22)19-17-13-5-7-14(8-6-13)18-20-16(11(3)23)12(4)24/h5-8,15-16H,1-4H3. The van der Waals surface area contributed by atoms with Crippen molar-refractivity contribution < 1.29 is 19.2 Å². The van der Waals surface area contributed by atoms with Crippen LogP contribution in [-0.4, -0.2) is 35.2 Å². The van der Waals surface area contributed by atoms with Crippen LogP contribution in [0.25, 0.3) is 0 Å². The van der Waals surface area contributed by atoms with Crippen LogP contribution in [0.4, 0.5) is 11.4 Å². The number of carbonyl (C=O) groups excluding carboxylic acids is 4. The number of hydrogen-bond donors (Lipinski definition) is 0. The minimum absolute atomic E-state index is 0.379. The van der Waals surface area contributed by atoms with Crippen molar-refractivity contribution in [2.24, 2.45) is 20.5 Å². The third-order valence-corrected chi connectivity index (χ3v) is 2.97. The Morgan fingerprint density at radius 1 is 0.625 bits per heavy atom. The molecule has 0 aromatic heterocycles. The van der Waals surface area contributed by atoms with Gasteiger partial charge in [-0.15, -0.1) is 0 Å². The van der Waals surface area contributed by atoms with Crippen LogP contribution >= 0.6 is 0 Å². The summed E-state index contributed by atoms with van der Waals surface area (Å²) in [5, 5.41) is 15.1. The minimum Gasteiger partial charge on any atom is -0.297 e. The molecule has 0 atom stereocenters. The molecular formula is C16H18N4O4. The molecule has 1 rings (SSSR count). The van der Waals surface area contributed by atoms with Crippen molar-refractivity contribution in [3.05, 3.63) is 24.3 Å². The van der Waals surface area contributed by atoms with Crippen molar-refractivity contribution in [1.29, 1.82) is 0 Å². The largest absolute Gasteiger partial charge is 0.297 e. The molecule has 1 aromatic rings. The fourth-order valence-corrected chi connectivity index (χ4v) is 1.73. The van der Waals surface area contributed by atoms with Gasteiger partial charge in [0.25, 0.3) is 0 Å². The van der Waals surface area contributed by atoms with Gasteiger partial charge in [0, 0.05) is 0 Å². The molecule has 0 radical (unpaired) electrons. The van der Waals surface area contributed by atoms with Crippen LogP contribution in [-0.2, 0) is 19.2 Å². The summed E-state index contributed by atoms with van der Waals surface area (Å²) in [6.07, 6.45) is 0. The molecule has 126 valence electrons. The number of hydrogen-bond acceptors (Lipinski definition) is 8. The third-order valence-electron chi connectivity index (χ3n) is 2.97. The van der Waals surface area contributed by atoms with Crippen molar-refractivity contribution in [2.45, 2.75) is 39.8 Å². The second-order valence-corrected chi connectivity index (χ2v) is 5.20. The SMILES string of the molecule is CC(=O)C(N=Nc1ccc(N=NC(C(C)=O)C(C)=O)cc1)C(C)=O. The highest BCUT2D eigenvalue weighted by Gasteiger charge is 2.19. The van der Waals surface area contributed by atoms with Gasteiger partial charge in [0.2, 0.25) is 0 Å². The Labute approximate surface area is 139 Å². The van der Waals surface area contributed by atoms with Gasteiger partial charge in [-0.1, -0.05) is 0 Å². The van der Waals surface area contributed by atoms with Gasteiger partial charge < -0.3 is 0 Å². The second kappa shape index (κ2) is 8.66. The Morgan fingerprint density at radius 3 is 1.08 bits per heavy atom. The summed E-state index contributed by atoms with van der Waals surface area (Å²) < 4.78 is 0. The molecule has 0 bridgehead atoms. The van der Waals surface area contributed by atoms with Gasteiger partial charge in [0.05, 0.1) is 11.4 Å². The van der Waals surface area contributed by atoms with Crippen LogP contribution in [0, 0.1) is 0 Å². The quantitative estimate of drug-likeness (QED) is 0.537. The molecule has 0 heterocycles. The number of Topliss-reactive ketones (excluding diaryl/α,β-unsaturated/α-hetero) is 4. The number of nitrogens with zero attached hydrogens (tertiary/aromatic N) is 4. The van der Waals surface area contributed by atoms with E-state index in [1.807, 2.05) is 0 Å². The summed E-state index contributed by atoms with van der Waals surface area (Å²) in [4.78, 5) is 45.1. The van der Waals surface area contributed by atoms with Crippen molar-refractivity contribution in [2.75, 3.05) is 0 Å². The van der Waals surface area contributed by atoms with Gasteiger partial charge in [0.15, 0.2) is 35.2 Å². The van der Waals surface area contributed by atoms with E-state index in [-0.39, 0.29) is 23.1 Å². The lowest BCUT2D eigenvalue weighted by Gasteiger charge is -2.02. The first-order valence-electron chi connectivity index (χ1n) is 7.16. The van der Waals surface area contributed by atoms with E-state index in [1.165, 1.54) is 27.7 Å². The predicted octanol–water partition coefficient (Wildman–Crippen LogP) is 2.95. The monoisotopic (exact) mass is 330 g/mol. The van der Waals surface area contributed by atoms with Gasteiger partial charge in [-0.2, -0.15) is 20.5 Å². The maximum Gasteiger partial charge on any atom is 0.187 e. The average molecular weight is 330 g/mol. The van der Waals surface area contributed by atoms with Crippen LogP contribution in [0.1, 0.15) is 27.7 Å². The van der Waals surface area contributed by atoms with E-state index in [0.29, 0.717) is 11.4 Å². The van der Waals surface area contributed by atoms with Gasteiger partial charge in [0.1, 0.15) is 0 Å². The molecule has 0 unspecified atom stereocenters. The lowest BCUT2D eigenvalue weighted by Crippen LogP contribution is -2.23. The summed E-state index contributed by atoms with van der Waals surface area (Å²) >= 11 is 0. The molecular weight excluding hydrogens is 312 g/mol. The normalized spacial score (nSPS) is 11.6. The van der Waals surface area contributed by atoms with E-state index in [2.05, 4.69) is 20.5 Å². The van der Waals surface area contributed by atoms with Gasteiger partial charge in [-0.05, 0) is 52.0 Å². The Kier molecular flexibility index (Phi) is 6.91. The third kappa shape index (κ3) is 5.71. The highest BCUT2D eigenvalue weighted by molar-refractivity contribution is 6.04. The second-order valence-electron chi connectivity index (χ2n) is 5.20. The van der Waals surface area contributed by atoms with Gasteiger partial charge in [-0.25, -0.2) is 0 Å². The zero-order chi connectivity index (χ0) is 18.3. The Balaban J connectivity index is 2.86. The molecule has 0 amide bonds. The van der Waals surface area contributed by atoms with Crippen LogP contribution in [0.3, 0.4) is 0 Å². The summed E-state index contributed by atoms with van der Waals surface area (Å²) in [5.41, 5.74) is 0.854. The summed E-state index contributed by atoms with van der Waals surface area (Å²) in [5.74, 6) is -1.51. The van der Waals surface area contributed by atoms with E-state index in [4.69, 9.17) is 0 Å². The topological polar surface area (TPSA) is 118 Å². The first-order chi connectivity index (χ1) is 11.2. The fourth-order valence-electron chi connectivity index (χ4n) is 1.73. The van der Waals surface area contributed by atoms with Crippen LogP contribution in [0.15, 0.2) is 44.7 Å². The van der Waals surface area contributed by atoms with Crippen LogP contribution in [0.2, 0.25) is 0 Å². The Bertz CT molecular complexity index is 618. The van der Waals surface area contributed by atoms with E-state index < -0.39 is 12.1 Å². The van der Waals surface area contributed by atoms with E-state index in [1.54, 1.807) is 24.3 Å². The molecule has 0 aliphatic rings. The molecule has 0 saturated carbocycles. The predicted molar refractivity (Wildman–Crippen MR) is 85.8 cm³/mol. The average Bonchev–Trinajstić information content (AvgIpc) is 2.47. The van der Waals surface area contributed by atoms with E-state index in [9.17, 15) is 19.2 Å². The van der Waals surface area contributed by atoms with Crippen molar-refractivity contribution in [3.8, 4) is 0 Å². The summed E-state index contributed by atoms with van der Waals surface area (Å²) in [6.45, 7) is 5.09. The van der Waals surface area contributed by atoms with E-state index >= 15 is 0 Å². The molecule has 8 nitrogen and oxygen atoms in total. The Morgan fingerprint density at radius 2 is 0.875 bits per heavy atom. The van der Waals surface area contributed by atoms with E-state index in [0.717, 1.165) is 0 Å². The first kappa shape index (κ1) is 19.1. The molecule has 0 N–H and O–H groups in total. The maximum absolute atomic E-state index is 11.3. The molecule has 0 aliphatic carbocycles. The molecule has 24 heavy (non-hydrogen) atoms. The number of ketones is 4. The molecule has 0 spiro atoms. The fraction of sp³-hybridized carbons (Fsp3) is 0.375. The minimum atomic E-state index is -1.10. The van der Waals surface area contributed by atoms with Gasteiger partial charge in [-0.3, -0.25) is 19.2 Å². The van der Waals surface area contributed by atoms with Gasteiger partial charge >= 0.3 is 0 Å². The number of benzene rings is 1. The number of carbonyl (C=O) groups is 4. The van der Waals surface area contributed by atoms with Crippen molar-refractivity contribution >= 4 is 34.5 Å². The maximum atomic E-state index is 11.3. The highest BCUT2D eigenvalue weighted by atomic mass is 16.2. The zero-order valence-electron chi connectivity index (χ0n) is 13.9.